The maximum atomic E-state index is 12.1. The highest BCUT2D eigenvalue weighted by molar-refractivity contribution is 7.17. The molecule has 1 aliphatic heterocycles. The Hall–Kier alpha value is -1.76. The predicted molar refractivity (Wildman–Crippen MR) is 98.6 cm³/mol. The Morgan fingerprint density at radius 3 is 2.71 bits per heavy atom. The van der Waals surface area contributed by atoms with Gasteiger partial charge in [-0.2, -0.15) is 0 Å². The zero-order valence-electron chi connectivity index (χ0n) is 13.2. The lowest BCUT2D eigenvalue weighted by atomic mass is 10.1. The largest absolute Gasteiger partial charge is 0.486 e. The van der Waals surface area contributed by atoms with E-state index in [9.17, 15) is 4.79 Å². The lowest BCUT2D eigenvalue weighted by molar-refractivity contribution is 0.0957. The summed E-state index contributed by atoms with van der Waals surface area (Å²) in [5, 5.41) is 2.92. The number of nitrogens with two attached hydrogens (primary N) is 1. The molecule has 130 valence electrons. The van der Waals surface area contributed by atoms with Crippen molar-refractivity contribution < 1.29 is 14.3 Å². The number of nitrogens with one attached hydrogen (secondary N) is 1. The predicted octanol–water partition coefficient (Wildman–Crippen LogP) is 3.08. The van der Waals surface area contributed by atoms with Gasteiger partial charge in [-0.3, -0.25) is 4.79 Å². The van der Waals surface area contributed by atoms with Crippen molar-refractivity contribution >= 4 is 29.7 Å². The number of benzene rings is 1. The first-order valence-electron chi connectivity index (χ1n) is 7.76. The van der Waals surface area contributed by atoms with Gasteiger partial charge in [0.2, 0.25) is 0 Å². The second-order valence-corrected chi connectivity index (χ2v) is 6.36. The molecule has 0 atom stereocenters. The average molecular weight is 369 g/mol. The van der Waals surface area contributed by atoms with Crippen LogP contribution in [0, 0.1) is 0 Å². The maximum absolute atomic E-state index is 12.1. The molecule has 0 aliphatic carbocycles. The zero-order chi connectivity index (χ0) is 16.1. The number of rotatable bonds is 6. The minimum absolute atomic E-state index is 0. The summed E-state index contributed by atoms with van der Waals surface area (Å²) in [4.78, 5) is 13.9. The summed E-state index contributed by atoms with van der Waals surface area (Å²) >= 11 is 1.48. The van der Waals surface area contributed by atoms with E-state index in [4.69, 9.17) is 15.2 Å². The molecule has 5 nitrogen and oxygen atoms in total. The summed E-state index contributed by atoms with van der Waals surface area (Å²) in [6.45, 7) is 2.47. The molecule has 0 unspecified atom stereocenters. The molecule has 2 heterocycles. The van der Waals surface area contributed by atoms with Crippen LogP contribution in [0.5, 0.6) is 11.5 Å². The molecule has 24 heavy (non-hydrogen) atoms. The molecule has 3 N–H and O–H groups in total. The number of unbranched alkanes of at least 4 members (excludes halogenated alkanes) is 1. The van der Waals surface area contributed by atoms with E-state index in [0.29, 0.717) is 31.2 Å². The molecule has 1 aliphatic rings. The summed E-state index contributed by atoms with van der Waals surface area (Å²) < 4.78 is 11.1. The first kappa shape index (κ1) is 18.6. The third kappa shape index (κ3) is 4.41. The SMILES string of the molecule is Cl.NCCCCNC(=O)c1ccc(-c2ccc3c(c2)OCCO3)s1. The lowest BCUT2D eigenvalue weighted by Crippen LogP contribution is -2.23. The van der Waals surface area contributed by atoms with Crippen molar-refractivity contribution in [1.82, 2.24) is 5.32 Å². The van der Waals surface area contributed by atoms with Crippen LogP contribution in [-0.4, -0.2) is 32.2 Å². The summed E-state index contributed by atoms with van der Waals surface area (Å²) in [5.74, 6) is 1.50. The number of ether oxygens (including phenoxy) is 2. The van der Waals surface area contributed by atoms with Crippen LogP contribution in [0.3, 0.4) is 0 Å². The number of fused-ring (bicyclic) bond motifs is 1. The van der Waals surface area contributed by atoms with Gasteiger partial charge in [0.05, 0.1) is 4.88 Å². The number of thiophene rings is 1. The molecule has 2 aromatic rings. The van der Waals surface area contributed by atoms with E-state index >= 15 is 0 Å². The molecule has 0 bridgehead atoms. The number of carbonyl (C=O) groups is 1. The molecule has 0 saturated carbocycles. The first-order valence-corrected chi connectivity index (χ1v) is 8.57. The van der Waals surface area contributed by atoms with Crippen molar-refractivity contribution in [3.8, 4) is 21.9 Å². The molecular weight excluding hydrogens is 348 g/mol. The van der Waals surface area contributed by atoms with Crippen LogP contribution < -0.4 is 20.5 Å². The van der Waals surface area contributed by atoms with Crippen molar-refractivity contribution in [2.75, 3.05) is 26.3 Å². The molecule has 3 rings (SSSR count). The number of hydrogen-bond acceptors (Lipinski definition) is 5. The molecule has 1 amide bonds. The normalized spacial score (nSPS) is 12.4. The van der Waals surface area contributed by atoms with Crippen molar-refractivity contribution in [2.24, 2.45) is 5.73 Å². The second kappa shape index (κ2) is 8.92. The van der Waals surface area contributed by atoms with Crippen LogP contribution in [0.2, 0.25) is 0 Å². The van der Waals surface area contributed by atoms with Crippen LogP contribution in [0.15, 0.2) is 30.3 Å². The number of carbonyl (C=O) groups excluding carboxylic acids is 1. The van der Waals surface area contributed by atoms with E-state index in [0.717, 1.165) is 34.8 Å². The summed E-state index contributed by atoms with van der Waals surface area (Å²) in [5.41, 5.74) is 6.47. The topological polar surface area (TPSA) is 73.6 Å². The molecular formula is C17H21ClN2O3S. The number of halogens is 1. The highest BCUT2D eigenvalue weighted by atomic mass is 35.5. The Kier molecular flexibility index (Phi) is 6.90. The molecule has 1 aromatic carbocycles. The van der Waals surface area contributed by atoms with E-state index in [-0.39, 0.29) is 18.3 Å². The van der Waals surface area contributed by atoms with E-state index in [1.54, 1.807) is 0 Å². The van der Waals surface area contributed by atoms with Gasteiger partial charge in [0.25, 0.3) is 5.91 Å². The second-order valence-electron chi connectivity index (χ2n) is 5.27. The van der Waals surface area contributed by atoms with E-state index < -0.39 is 0 Å². The van der Waals surface area contributed by atoms with Crippen LogP contribution in [-0.2, 0) is 0 Å². The van der Waals surface area contributed by atoms with Crippen LogP contribution in [0.4, 0.5) is 0 Å². The van der Waals surface area contributed by atoms with Crippen molar-refractivity contribution in [2.45, 2.75) is 12.8 Å². The molecule has 0 fully saturated rings. The van der Waals surface area contributed by atoms with Gasteiger partial charge in [-0.05, 0) is 55.3 Å². The molecule has 0 radical (unpaired) electrons. The van der Waals surface area contributed by atoms with Gasteiger partial charge in [-0.1, -0.05) is 0 Å². The monoisotopic (exact) mass is 368 g/mol. The van der Waals surface area contributed by atoms with Crippen molar-refractivity contribution in [1.29, 1.82) is 0 Å². The Labute approximate surface area is 151 Å². The van der Waals surface area contributed by atoms with Gasteiger partial charge in [-0.15, -0.1) is 23.7 Å². The van der Waals surface area contributed by atoms with Gasteiger partial charge in [0.15, 0.2) is 11.5 Å². The van der Waals surface area contributed by atoms with Crippen LogP contribution in [0.1, 0.15) is 22.5 Å². The van der Waals surface area contributed by atoms with E-state index in [1.807, 2.05) is 30.3 Å². The Bertz CT molecular complexity index is 690. The van der Waals surface area contributed by atoms with Gasteiger partial charge in [0.1, 0.15) is 13.2 Å². The van der Waals surface area contributed by atoms with Crippen molar-refractivity contribution in [3.63, 3.8) is 0 Å². The molecule has 0 spiro atoms. The molecule has 0 saturated heterocycles. The zero-order valence-corrected chi connectivity index (χ0v) is 14.9. The first-order chi connectivity index (χ1) is 11.3. The van der Waals surface area contributed by atoms with Gasteiger partial charge in [-0.25, -0.2) is 0 Å². The number of hydrogen-bond donors (Lipinski definition) is 2. The fraction of sp³-hybridized carbons (Fsp3) is 0.353. The maximum Gasteiger partial charge on any atom is 0.261 e. The van der Waals surface area contributed by atoms with Gasteiger partial charge >= 0.3 is 0 Å². The fourth-order valence-corrected chi connectivity index (χ4v) is 3.29. The minimum Gasteiger partial charge on any atom is -0.486 e. The number of amides is 1. The Morgan fingerprint density at radius 2 is 1.92 bits per heavy atom. The average Bonchev–Trinajstić information content (AvgIpc) is 3.08. The fourth-order valence-electron chi connectivity index (χ4n) is 2.37. The summed E-state index contributed by atoms with van der Waals surface area (Å²) in [6.07, 6.45) is 1.83. The quantitative estimate of drug-likeness (QED) is 0.768. The third-order valence-corrected chi connectivity index (χ3v) is 4.71. The van der Waals surface area contributed by atoms with Crippen LogP contribution >= 0.6 is 23.7 Å². The van der Waals surface area contributed by atoms with E-state index in [1.165, 1.54) is 11.3 Å². The van der Waals surface area contributed by atoms with Crippen LogP contribution in [0.25, 0.3) is 10.4 Å². The summed E-state index contributed by atoms with van der Waals surface area (Å²) in [6, 6.07) is 9.68. The minimum atomic E-state index is -0.0317. The summed E-state index contributed by atoms with van der Waals surface area (Å²) in [7, 11) is 0. The lowest BCUT2D eigenvalue weighted by Gasteiger charge is -2.18. The Morgan fingerprint density at radius 1 is 1.12 bits per heavy atom. The highest BCUT2D eigenvalue weighted by Crippen LogP contribution is 2.36. The van der Waals surface area contributed by atoms with Gasteiger partial charge in [0, 0.05) is 11.4 Å². The third-order valence-electron chi connectivity index (χ3n) is 3.57. The molecule has 7 heteroatoms. The Balaban J connectivity index is 0.00000208. The standard InChI is InChI=1S/C17H20N2O3S.ClH/c18-7-1-2-8-19-17(20)16-6-5-15(23-16)12-3-4-13-14(11-12)22-10-9-21-13;/h3-6,11H,1-2,7-10,18H2,(H,19,20);1H. The highest BCUT2D eigenvalue weighted by Gasteiger charge is 2.14. The molecule has 1 aromatic heterocycles. The van der Waals surface area contributed by atoms with Crippen molar-refractivity contribution in [3.05, 3.63) is 35.2 Å². The van der Waals surface area contributed by atoms with Gasteiger partial charge < -0.3 is 20.5 Å². The van der Waals surface area contributed by atoms with E-state index in [2.05, 4.69) is 5.32 Å². The smallest absolute Gasteiger partial charge is 0.261 e.